The van der Waals surface area contributed by atoms with E-state index in [1.54, 1.807) is 30.5 Å². The fourth-order valence-corrected chi connectivity index (χ4v) is 4.63. The Kier molecular flexibility index (Phi) is 9.29. The topological polar surface area (TPSA) is 90.8 Å². The number of ether oxygens (including phenoxy) is 3. The van der Waals surface area contributed by atoms with E-state index in [1.807, 2.05) is 49.6 Å². The molecule has 0 aliphatic heterocycles. The highest BCUT2D eigenvalue weighted by atomic mass is 19.1. The average Bonchev–Trinajstić information content (AvgIpc) is 3.33. The summed E-state index contributed by atoms with van der Waals surface area (Å²) >= 11 is 0. The quantitative estimate of drug-likeness (QED) is 0.214. The molecule has 3 aromatic carbocycles. The largest absolute Gasteiger partial charge is 0.493 e. The van der Waals surface area contributed by atoms with Crippen molar-refractivity contribution in [2.24, 2.45) is 0 Å². The Hall–Kier alpha value is -4.37. The van der Waals surface area contributed by atoms with Crippen LogP contribution < -0.4 is 20.1 Å². The van der Waals surface area contributed by atoms with Crippen LogP contribution in [0.2, 0.25) is 0 Å². The zero-order valence-electron chi connectivity index (χ0n) is 24.0. The molecular weight excluding hydrogens is 525 g/mol. The van der Waals surface area contributed by atoms with Gasteiger partial charge in [-0.05, 0) is 61.0 Å². The smallest absolute Gasteiger partial charge is 0.255 e. The minimum absolute atomic E-state index is 0.275. The standard InChI is InChI=1S/C32H36FN3O5/c1-6-41-16-15-36-19-26(25-18-23(33)10-13-27(25)36)31(38)34-20-32(2,3)22-8-11-24(12-9-22)35-30(37)21-7-14-28(39-4)29(17-21)40-5/h7-14,17-19H,6,15-16,20H2,1-5H3,(H,34,38)(H,35,37). The maximum absolute atomic E-state index is 14.1. The lowest BCUT2D eigenvalue weighted by Crippen LogP contribution is -2.36. The summed E-state index contributed by atoms with van der Waals surface area (Å²) in [4.78, 5) is 26.0. The summed E-state index contributed by atoms with van der Waals surface area (Å²) in [7, 11) is 3.06. The third-order valence-corrected chi connectivity index (χ3v) is 7.03. The van der Waals surface area contributed by atoms with Gasteiger partial charge in [0.15, 0.2) is 11.5 Å². The molecule has 0 radical (unpaired) electrons. The van der Waals surface area contributed by atoms with Gasteiger partial charge in [-0.1, -0.05) is 26.0 Å². The third kappa shape index (κ3) is 6.86. The van der Waals surface area contributed by atoms with Crippen molar-refractivity contribution >= 4 is 28.4 Å². The summed E-state index contributed by atoms with van der Waals surface area (Å²) < 4.78 is 32.0. The predicted octanol–water partition coefficient (Wildman–Crippen LogP) is 5.79. The molecule has 4 aromatic rings. The molecule has 4 rings (SSSR count). The number of hydrogen-bond donors (Lipinski definition) is 2. The highest BCUT2D eigenvalue weighted by Gasteiger charge is 2.23. The summed E-state index contributed by atoms with van der Waals surface area (Å²) in [5, 5.41) is 6.47. The Balaban J connectivity index is 1.42. The molecule has 0 saturated carbocycles. The van der Waals surface area contributed by atoms with Crippen molar-refractivity contribution in [1.82, 2.24) is 9.88 Å². The molecule has 1 aromatic heterocycles. The van der Waals surface area contributed by atoms with Crippen molar-refractivity contribution < 1.29 is 28.2 Å². The number of benzene rings is 3. The maximum Gasteiger partial charge on any atom is 0.255 e. The first kappa shape index (κ1) is 29.6. The van der Waals surface area contributed by atoms with Gasteiger partial charge in [0.1, 0.15) is 5.82 Å². The van der Waals surface area contributed by atoms with Crippen LogP contribution in [-0.2, 0) is 16.7 Å². The minimum atomic E-state index is -0.417. The molecule has 216 valence electrons. The molecule has 0 unspecified atom stereocenters. The molecule has 0 fully saturated rings. The Morgan fingerprint density at radius 3 is 2.34 bits per heavy atom. The van der Waals surface area contributed by atoms with E-state index in [-0.39, 0.29) is 11.8 Å². The predicted molar refractivity (Wildman–Crippen MR) is 158 cm³/mol. The number of rotatable bonds is 12. The number of amides is 2. The fourth-order valence-electron chi connectivity index (χ4n) is 4.63. The molecule has 0 bridgehead atoms. The molecule has 1 heterocycles. The molecule has 2 amide bonds. The monoisotopic (exact) mass is 561 g/mol. The summed E-state index contributed by atoms with van der Waals surface area (Å²) in [5.41, 5.74) is 2.83. The molecule has 2 N–H and O–H groups in total. The van der Waals surface area contributed by atoms with Crippen LogP contribution in [0, 0.1) is 5.82 Å². The van der Waals surface area contributed by atoms with E-state index in [2.05, 4.69) is 10.6 Å². The van der Waals surface area contributed by atoms with Crippen LogP contribution in [-0.4, -0.2) is 50.4 Å². The lowest BCUT2D eigenvalue weighted by molar-refractivity contribution is 0.0945. The molecule has 0 aliphatic carbocycles. The Labute approximate surface area is 239 Å². The van der Waals surface area contributed by atoms with E-state index in [0.29, 0.717) is 60.0 Å². The lowest BCUT2D eigenvalue weighted by Gasteiger charge is -2.26. The van der Waals surface area contributed by atoms with Crippen molar-refractivity contribution in [1.29, 1.82) is 0 Å². The summed E-state index contributed by atoms with van der Waals surface area (Å²) in [6.45, 7) is 7.98. The highest BCUT2D eigenvalue weighted by Crippen LogP contribution is 2.29. The number of hydrogen-bond acceptors (Lipinski definition) is 5. The number of carbonyl (C=O) groups is 2. The van der Waals surface area contributed by atoms with Gasteiger partial charge in [0.2, 0.25) is 0 Å². The molecule has 0 atom stereocenters. The van der Waals surface area contributed by atoms with Crippen LogP contribution in [0.1, 0.15) is 47.1 Å². The highest BCUT2D eigenvalue weighted by molar-refractivity contribution is 6.07. The van der Waals surface area contributed by atoms with Crippen molar-refractivity contribution in [3.8, 4) is 11.5 Å². The summed E-state index contributed by atoms with van der Waals surface area (Å²) in [5.74, 6) is 0.0687. The van der Waals surface area contributed by atoms with Gasteiger partial charge in [-0.3, -0.25) is 9.59 Å². The second-order valence-electron chi connectivity index (χ2n) is 10.3. The zero-order chi connectivity index (χ0) is 29.6. The van der Waals surface area contributed by atoms with Gasteiger partial charge in [0, 0.05) is 53.5 Å². The minimum Gasteiger partial charge on any atom is -0.493 e. The van der Waals surface area contributed by atoms with Crippen molar-refractivity contribution in [3.63, 3.8) is 0 Å². The van der Waals surface area contributed by atoms with E-state index >= 15 is 0 Å². The van der Waals surface area contributed by atoms with Gasteiger partial charge < -0.3 is 29.4 Å². The van der Waals surface area contributed by atoms with Gasteiger partial charge in [0.25, 0.3) is 11.8 Å². The van der Waals surface area contributed by atoms with Crippen LogP contribution >= 0.6 is 0 Å². The van der Waals surface area contributed by atoms with E-state index in [9.17, 15) is 14.0 Å². The lowest BCUT2D eigenvalue weighted by atomic mass is 9.84. The number of fused-ring (bicyclic) bond motifs is 1. The first-order chi connectivity index (χ1) is 19.7. The van der Waals surface area contributed by atoms with Crippen LogP contribution in [0.4, 0.5) is 10.1 Å². The van der Waals surface area contributed by atoms with Crippen molar-refractivity contribution in [2.45, 2.75) is 32.7 Å². The van der Waals surface area contributed by atoms with Gasteiger partial charge in [-0.25, -0.2) is 4.39 Å². The van der Waals surface area contributed by atoms with Crippen LogP contribution in [0.3, 0.4) is 0 Å². The number of aromatic nitrogens is 1. The number of nitrogens with zero attached hydrogens (tertiary/aromatic N) is 1. The van der Waals surface area contributed by atoms with E-state index in [1.165, 1.54) is 26.4 Å². The maximum atomic E-state index is 14.1. The SMILES string of the molecule is CCOCCn1cc(C(=O)NCC(C)(C)c2ccc(NC(=O)c3ccc(OC)c(OC)c3)cc2)c2cc(F)ccc21. The Bertz CT molecular complexity index is 1530. The second-order valence-corrected chi connectivity index (χ2v) is 10.3. The van der Waals surface area contributed by atoms with E-state index in [4.69, 9.17) is 14.2 Å². The van der Waals surface area contributed by atoms with Gasteiger partial charge in [0.05, 0.1) is 26.4 Å². The second kappa shape index (κ2) is 12.9. The number of halogens is 1. The molecule has 0 spiro atoms. The van der Waals surface area contributed by atoms with Gasteiger partial charge in [-0.15, -0.1) is 0 Å². The first-order valence-electron chi connectivity index (χ1n) is 13.4. The number of anilines is 1. The summed E-state index contributed by atoms with van der Waals surface area (Å²) in [6.07, 6.45) is 1.75. The van der Waals surface area contributed by atoms with Crippen molar-refractivity contribution in [3.05, 3.63) is 89.4 Å². The van der Waals surface area contributed by atoms with E-state index in [0.717, 1.165) is 11.1 Å². The number of nitrogens with one attached hydrogen (secondary N) is 2. The Morgan fingerprint density at radius 1 is 0.927 bits per heavy atom. The van der Waals surface area contributed by atoms with Gasteiger partial charge >= 0.3 is 0 Å². The zero-order valence-corrected chi connectivity index (χ0v) is 24.0. The Morgan fingerprint density at radius 2 is 1.66 bits per heavy atom. The molecular formula is C32H36FN3O5. The van der Waals surface area contributed by atoms with Crippen LogP contribution in [0.15, 0.2) is 66.9 Å². The molecule has 8 nitrogen and oxygen atoms in total. The number of carbonyl (C=O) groups excluding carboxylic acids is 2. The average molecular weight is 562 g/mol. The molecule has 0 saturated heterocycles. The molecule has 0 aliphatic rings. The van der Waals surface area contributed by atoms with Gasteiger partial charge in [-0.2, -0.15) is 0 Å². The molecule has 9 heteroatoms. The third-order valence-electron chi connectivity index (χ3n) is 7.03. The van der Waals surface area contributed by atoms with Crippen LogP contribution in [0.5, 0.6) is 11.5 Å². The van der Waals surface area contributed by atoms with Crippen molar-refractivity contribution in [2.75, 3.05) is 39.3 Å². The molecule has 41 heavy (non-hydrogen) atoms. The number of methoxy groups -OCH3 is 2. The fraction of sp³-hybridized carbons (Fsp3) is 0.312. The van der Waals surface area contributed by atoms with E-state index < -0.39 is 11.2 Å². The van der Waals surface area contributed by atoms with Crippen LogP contribution in [0.25, 0.3) is 10.9 Å². The normalized spacial score (nSPS) is 11.4. The summed E-state index contributed by atoms with van der Waals surface area (Å²) in [6, 6.07) is 16.9. The first-order valence-corrected chi connectivity index (χ1v) is 13.4.